The van der Waals surface area contributed by atoms with Gasteiger partial charge in [-0.2, -0.15) is 0 Å². The van der Waals surface area contributed by atoms with Crippen molar-refractivity contribution in [1.29, 1.82) is 0 Å². The predicted octanol–water partition coefficient (Wildman–Crippen LogP) is 0.186. The lowest BCUT2D eigenvalue weighted by atomic mass is 9.98. The topological polar surface area (TPSA) is 75.7 Å². The zero-order chi connectivity index (χ0) is 11.3. The van der Waals surface area contributed by atoms with Gasteiger partial charge in [-0.3, -0.25) is 0 Å². The van der Waals surface area contributed by atoms with Crippen molar-refractivity contribution in [1.82, 2.24) is 0 Å². The fourth-order valence-corrected chi connectivity index (χ4v) is 1.44. The summed E-state index contributed by atoms with van der Waals surface area (Å²) < 4.78 is 5.02. The molecule has 1 aromatic carbocycles. The van der Waals surface area contributed by atoms with Crippen molar-refractivity contribution in [3.05, 3.63) is 35.4 Å². The van der Waals surface area contributed by atoms with E-state index in [9.17, 15) is 5.11 Å². The van der Waals surface area contributed by atoms with E-state index in [0.29, 0.717) is 12.2 Å². The van der Waals surface area contributed by atoms with E-state index in [4.69, 9.17) is 15.6 Å². The van der Waals surface area contributed by atoms with Gasteiger partial charge in [0.15, 0.2) is 0 Å². The first-order valence-corrected chi connectivity index (χ1v) is 4.82. The van der Waals surface area contributed by atoms with Gasteiger partial charge in [0.25, 0.3) is 0 Å². The first kappa shape index (κ1) is 12.1. The molecule has 1 aromatic rings. The summed E-state index contributed by atoms with van der Waals surface area (Å²) in [6.07, 6.45) is -0.860. The van der Waals surface area contributed by atoms with Gasteiger partial charge >= 0.3 is 0 Å². The summed E-state index contributed by atoms with van der Waals surface area (Å²) in [6.45, 7) is 0.174. The Morgan fingerprint density at radius 2 is 2.07 bits per heavy atom. The number of hydrogen-bond donors (Lipinski definition) is 3. The van der Waals surface area contributed by atoms with E-state index in [0.717, 1.165) is 5.56 Å². The molecule has 0 fully saturated rings. The fourth-order valence-electron chi connectivity index (χ4n) is 1.44. The van der Waals surface area contributed by atoms with Crippen LogP contribution in [0.1, 0.15) is 17.2 Å². The molecule has 0 aliphatic heterocycles. The summed E-state index contributed by atoms with van der Waals surface area (Å²) in [5, 5.41) is 18.7. The van der Waals surface area contributed by atoms with E-state index in [1.807, 2.05) is 18.2 Å². The lowest BCUT2D eigenvalue weighted by Gasteiger charge is -2.19. The quantitative estimate of drug-likeness (QED) is 0.649. The highest BCUT2D eigenvalue weighted by Gasteiger charge is 2.18. The fraction of sp³-hybridized carbons (Fsp3) is 0.455. The molecule has 0 aliphatic carbocycles. The first-order valence-electron chi connectivity index (χ1n) is 4.82. The van der Waals surface area contributed by atoms with Crippen LogP contribution in [0.2, 0.25) is 0 Å². The molecule has 4 nitrogen and oxygen atoms in total. The maximum absolute atomic E-state index is 9.86. The third kappa shape index (κ3) is 3.00. The molecule has 0 saturated carbocycles. The minimum Gasteiger partial charge on any atom is -0.395 e. The highest BCUT2D eigenvalue weighted by Crippen LogP contribution is 2.20. The van der Waals surface area contributed by atoms with E-state index in [-0.39, 0.29) is 6.61 Å². The van der Waals surface area contributed by atoms with Crippen molar-refractivity contribution < 1.29 is 14.9 Å². The summed E-state index contributed by atoms with van der Waals surface area (Å²) in [5.74, 6) is 0. The minimum atomic E-state index is -0.860. The number of nitrogens with two attached hydrogens (primary N) is 1. The summed E-state index contributed by atoms with van der Waals surface area (Å²) in [4.78, 5) is 0. The molecule has 4 heteroatoms. The number of ether oxygens (including phenoxy) is 1. The molecule has 15 heavy (non-hydrogen) atoms. The molecule has 0 heterocycles. The molecule has 0 saturated heterocycles. The number of benzene rings is 1. The molecule has 1 rings (SSSR count). The molecule has 84 valence electrons. The van der Waals surface area contributed by atoms with E-state index in [2.05, 4.69) is 0 Å². The Kier molecular flexibility index (Phi) is 4.71. The Labute approximate surface area is 89.3 Å². The number of hydrogen-bond acceptors (Lipinski definition) is 4. The van der Waals surface area contributed by atoms with E-state index in [1.54, 1.807) is 13.2 Å². The van der Waals surface area contributed by atoms with Crippen LogP contribution >= 0.6 is 0 Å². The molecule has 0 aromatic heterocycles. The summed E-state index contributed by atoms with van der Waals surface area (Å²) in [5.41, 5.74) is 7.17. The Hall–Kier alpha value is -0.940. The third-order valence-electron chi connectivity index (χ3n) is 2.29. The molecule has 0 radical (unpaired) electrons. The molecule has 2 unspecified atom stereocenters. The van der Waals surface area contributed by atoms with Crippen LogP contribution in [0.25, 0.3) is 0 Å². The Balaban J connectivity index is 2.91. The van der Waals surface area contributed by atoms with Crippen LogP contribution in [0, 0.1) is 0 Å². The minimum absolute atomic E-state index is 0.248. The van der Waals surface area contributed by atoms with Crippen molar-refractivity contribution in [2.45, 2.75) is 18.8 Å². The van der Waals surface area contributed by atoms with Crippen LogP contribution in [0.4, 0.5) is 0 Å². The van der Waals surface area contributed by atoms with E-state index in [1.165, 1.54) is 0 Å². The number of aliphatic hydroxyl groups is 2. The second-order valence-electron chi connectivity index (χ2n) is 3.42. The van der Waals surface area contributed by atoms with Gasteiger partial charge in [0, 0.05) is 7.11 Å². The van der Waals surface area contributed by atoms with E-state index < -0.39 is 12.1 Å². The van der Waals surface area contributed by atoms with Gasteiger partial charge in [0.05, 0.1) is 25.4 Å². The Morgan fingerprint density at radius 3 is 2.67 bits per heavy atom. The van der Waals surface area contributed by atoms with Crippen molar-refractivity contribution in [2.24, 2.45) is 5.73 Å². The predicted molar refractivity (Wildman–Crippen MR) is 57.2 cm³/mol. The smallest absolute Gasteiger partial charge is 0.0966 e. The summed E-state index contributed by atoms with van der Waals surface area (Å²) >= 11 is 0. The second-order valence-corrected chi connectivity index (χ2v) is 3.42. The van der Waals surface area contributed by atoms with Crippen LogP contribution in [-0.4, -0.2) is 30.0 Å². The molecule has 2 atom stereocenters. The molecule has 0 bridgehead atoms. The van der Waals surface area contributed by atoms with Crippen LogP contribution in [0.3, 0.4) is 0 Å². The maximum atomic E-state index is 9.86. The van der Waals surface area contributed by atoms with Crippen molar-refractivity contribution in [3.8, 4) is 0 Å². The second kappa shape index (κ2) is 5.82. The first-order chi connectivity index (χ1) is 7.20. The average molecular weight is 211 g/mol. The monoisotopic (exact) mass is 211 g/mol. The van der Waals surface area contributed by atoms with Crippen molar-refractivity contribution >= 4 is 0 Å². The lowest BCUT2D eigenvalue weighted by Crippen LogP contribution is -2.32. The summed E-state index contributed by atoms with van der Waals surface area (Å²) in [7, 11) is 1.59. The van der Waals surface area contributed by atoms with Crippen LogP contribution in [-0.2, 0) is 11.3 Å². The zero-order valence-electron chi connectivity index (χ0n) is 8.76. The number of aliphatic hydroxyl groups excluding tert-OH is 2. The molecular weight excluding hydrogens is 194 g/mol. The highest BCUT2D eigenvalue weighted by atomic mass is 16.5. The maximum Gasteiger partial charge on any atom is 0.0966 e. The average Bonchev–Trinajstić information content (AvgIpc) is 2.28. The number of rotatable bonds is 5. The van der Waals surface area contributed by atoms with Gasteiger partial charge in [-0.25, -0.2) is 0 Å². The summed E-state index contributed by atoms with van der Waals surface area (Å²) in [6, 6.07) is 6.68. The molecule has 4 N–H and O–H groups in total. The SMILES string of the molecule is COCc1ccccc1C(O)C(N)CO. The number of methoxy groups -OCH3 is 1. The standard InChI is InChI=1S/C11H17NO3/c1-15-7-8-4-2-3-5-9(8)11(14)10(12)6-13/h2-5,10-11,13-14H,6-7,12H2,1H3. The highest BCUT2D eigenvalue weighted by molar-refractivity contribution is 5.29. The van der Waals surface area contributed by atoms with E-state index >= 15 is 0 Å². The van der Waals surface area contributed by atoms with Crippen LogP contribution < -0.4 is 5.73 Å². The van der Waals surface area contributed by atoms with Crippen molar-refractivity contribution in [2.75, 3.05) is 13.7 Å². The molecule has 0 spiro atoms. The van der Waals surface area contributed by atoms with Gasteiger partial charge in [-0.15, -0.1) is 0 Å². The van der Waals surface area contributed by atoms with Gasteiger partial charge < -0.3 is 20.7 Å². The molecule has 0 amide bonds. The van der Waals surface area contributed by atoms with Crippen molar-refractivity contribution in [3.63, 3.8) is 0 Å². The largest absolute Gasteiger partial charge is 0.395 e. The molecule has 0 aliphatic rings. The van der Waals surface area contributed by atoms with Crippen LogP contribution in [0.5, 0.6) is 0 Å². The van der Waals surface area contributed by atoms with Gasteiger partial charge in [0.1, 0.15) is 0 Å². The third-order valence-corrected chi connectivity index (χ3v) is 2.29. The normalized spacial score (nSPS) is 14.9. The Morgan fingerprint density at radius 1 is 1.40 bits per heavy atom. The Bertz CT molecular complexity index is 304. The zero-order valence-corrected chi connectivity index (χ0v) is 8.76. The van der Waals surface area contributed by atoms with Crippen LogP contribution in [0.15, 0.2) is 24.3 Å². The van der Waals surface area contributed by atoms with Gasteiger partial charge in [-0.1, -0.05) is 24.3 Å². The van der Waals surface area contributed by atoms with Gasteiger partial charge in [0.2, 0.25) is 0 Å². The lowest BCUT2D eigenvalue weighted by molar-refractivity contribution is 0.105. The molecular formula is C11H17NO3. The van der Waals surface area contributed by atoms with Gasteiger partial charge in [-0.05, 0) is 11.1 Å².